The van der Waals surface area contributed by atoms with Gasteiger partial charge in [0.1, 0.15) is 4.64 Å². The van der Waals surface area contributed by atoms with Gasteiger partial charge in [-0.1, -0.05) is 19.1 Å². The largest absolute Gasteiger partial charge is 0.301 e. The fraction of sp³-hybridized carbons (Fsp3) is 0.625. The predicted molar refractivity (Wildman–Crippen MR) is 49.4 cm³/mol. The molecule has 0 aliphatic rings. The minimum atomic E-state index is 0.433. The lowest BCUT2D eigenvalue weighted by atomic mass is 10.3. The van der Waals surface area contributed by atoms with Crippen LogP contribution in [0.3, 0.4) is 0 Å². The van der Waals surface area contributed by atoms with E-state index in [4.69, 9.17) is 12.2 Å². The third-order valence-corrected chi connectivity index (χ3v) is 2.01. The molecule has 0 spiro atoms. The van der Waals surface area contributed by atoms with E-state index in [1.807, 2.05) is 10.7 Å². The van der Waals surface area contributed by atoms with Gasteiger partial charge in [-0.05, 0) is 26.3 Å². The average Bonchev–Trinajstić information content (AvgIpc) is 2.30. The van der Waals surface area contributed by atoms with E-state index in [1.165, 1.54) is 5.69 Å². The molecule has 62 valence electrons. The first-order chi connectivity index (χ1) is 5.15. The average molecular weight is 170 g/mol. The summed E-state index contributed by atoms with van der Waals surface area (Å²) in [7, 11) is 0. The lowest BCUT2D eigenvalue weighted by Gasteiger charge is -2.05. The van der Waals surface area contributed by atoms with E-state index in [2.05, 4.69) is 25.9 Å². The van der Waals surface area contributed by atoms with Crippen LogP contribution in [0.5, 0.6) is 0 Å². The molecule has 3 heteroatoms. The van der Waals surface area contributed by atoms with E-state index in [0.717, 1.165) is 11.1 Å². The smallest absolute Gasteiger partial charge is 0.122 e. The summed E-state index contributed by atoms with van der Waals surface area (Å²) in [5, 5.41) is 3.24. The maximum absolute atomic E-state index is 5.15. The number of nitrogens with one attached hydrogen (secondary N) is 1. The van der Waals surface area contributed by atoms with Crippen molar-refractivity contribution in [2.45, 2.75) is 33.2 Å². The van der Waals surface area contributed by atoms with Crippen LogP contribution in [0, 0.1) is 4.64 Å². The molecule has 1 heterocycles. The Kier molecular flexibility index (Phi) is 2.49. The van der Waals surface area contributed by atoms with Crippen molar-refractivity contribution < 1.29 is 0 Å². The normalized spacial score (nSPS) is 10.9. The van der Waals surface area contributed by atoms with Gasteiger partial charge in [0.2, 0.25) is 0 Å². The summed E-state index contributed by atoms with van der Waals surface area (Å²) in [5.41, 5.74) is 1.21. The number of aromatic nitrogens is 2. The molecule has 0 aromatic carbocycles. The van der Waals surface area contributed by atoms with Gasteiger partial charge in [0.15, 0.2) is 0 Å². The molecule has 0 saturated carbocycles. The third-order valence-electron chi connectivity index (χ3n) is 1.70. The highest BCUT2D eigenvalue weighted by molar-refractivity contribution is 7.71. The first-order valence-corrected chi connectivity index (χ1v) is 4.36. The highest BCUT2D eigenvalue weighted by Gasteiger charge is 2.00. The topological polar surface area (TPSA) is 20.7 Å². The van der Waals surface area contributed by atoms with E-state index in [0.29, 0.717) is 6.04 Å². The van der Waals surface area contributed by atoms with Crippen LogP contribution in [-0.4, -0.2) is 9.78 Å². The Hall–Kier alpha value is -0.570. The molecule has 1 rings (SSSR count). The molecule has 0 aliphatic carbocycles. The summed E-state index contributed by atoms with van der Waals surface area (Å²) in [6, 6.07) is 2.46. The number of hydrogen-bond acceptors (Lipinski definition) is 1. The third kappa shape index (κ3) is 1.71. The van der Waals surface area contributed by atoms with Crippen LogP contribution in [0.4, 0.5) is 0 Å². The van der Waals surface area contributed by atoms with Crippen LogP contribution in [0.2, 0.25) is 0 Å². The number of nitrogens with zero attached hydrogens (tertiary/aromatic N) is 1. The molecule has 0 atom stereocenters. The van der Waals surface area contributed by atoms with Gasteiger partial charge in [0.25, 0.3) is 0 Å². The van der Waals surface area contributed by atoms with Gasteiger partial charge in [-0.2, -0.15) is 0 Å². The molecule has 1 aromatic heterocycles. The van der Waals surface area contributed by atoms with Gasteiger partial charge in [0, 0.05) is 11.7 Å². The maximum Gasteiger partial charge on any atom is 0.122 e. The van der Waals surface area contributed by atoms with Crippen LogP contribution < -0.4 is 0 Å². The molecule has 0 fully saturated rings. The van der Waals surface area contributed by atoms with Gasteiger partial charge in [0.05, 0.1) is 0 Å². The fourth-order valence-corrected chi connectivity index (χ4v) is 1.42. The number of H-pyrrole nitrogens is 1. The van der Waals surface area contributed by atoms with Crippen molar-refractivity contribution in [1.82, 2.24) is 9.78 Å². The van der Waals surface area contributed by atoms with Gasteiger partial charge in [-0.3, -0.25) is 4.68 Å². The van der Waals surface area contributed by atoms with E-state index in [-0.39, 0.29) is 0 Å². The Labute approximate surface area is 72.2 Å². The monoisotopic (exact) mass is 170 g/mol. The fourth-order valence-electron chi connectivity index (χ4n) is 1.03. The van der Waals surface area contributed by atoms with Crippen molar-refractivity contribution in [3.8, 4) is 0 Å². The zero-order valence-corrected chi connectivity index (χ0v) is 8.03. The zero-order chi connectivity index (χ0) is 8.43. The highest BCUT2D eigenvalue weighted by Crippen LogP contribution is 2.06. The van der Waals surface area contributed by atoms with Crippen molar-refractivity contribution in [3.05, 3.63) is 16.4 Å². The zero-order valence-electron chi connectivity index (χ0n) is 7.22. The summed E-state index contributed by atoms with van der Waals surface area (Å²) < 4.78 is 2.91. The molecule has 0 saturated heterocycles. The lowest BCUT2D eigenvalue weighted by Crippen LogP contribution is -2.02. The van der Waals surface area contributed by atoms with E-state index in [1.54, 1.807) is 0 Å². The first-order valence-electron chi connectivity index (χ1n) is 3.95. The van der Waals surface area contributed by atoms with E-state index in [9.17, 15) is 0 Å². The minimum absolute atomic E-state index is 0.433. The number of aryl methyl sites for hydroxylation is 1. The Morgan fingerprint density at radius 3 is 2.55 bits per heavy atom. The number of hydrogen-bond donors (Lipinski definition) is 1. The maximum atomic E-state index is 5.15. The second-order valence-electron chi connectivity index (χ2n) is 2.94. The molecule has 2 nitrogen and oxygen atoms in total. The van der Waals surface area contributed by atoms with E-state index < -0.39 is 0 Å². The highest BCUT2D eigenvalue weighted by atomic mass is 32.1. The van der Waals surface area contributed by atoms with Crippen molar-refractivity contribution in [2.75, 3.05) is 0 Å². The molecule has 0 unspecified atom stereocenters. The molecular formula is C8H14N2S. The molecule has 1 aromatic rings. The number of aromatic amines is 1. The Balaban J connectivity index is 3.07. The van der Waals surface area contributed by atoms with Crippen molar-refractivity contribution in [2.24, 2.45) is 0 Å². The van der Waals surface area contributed by atoms with Gasteiger partial charge < -0.3 is 5.10 Å². The summed E-state index contributed by atoms with van der Waals surface area (Å²) in [6.07, 6.45) is 1.02. The molecule has 1 N–H and O–H groups in total. The van der Waals surface area contributed by atoms with Crippen LogP contribution in [0.25, 0.3) is 0 Å². The second kappa shape index (κ2) is 3.22. The summed E-state index contributed by atoms with van der Waals surface area (Å²) in [5.74, 6) is 0. The van der Waals surface area contributed by atoms with Crippen molar-refractivity contribution in [1.29, 1.82) is 0 Å². The quantitative estimate of drug-likeness (QED) is 0.677. The van der Waals surface area contributed by atoms with Crippen LogP contribution in [-0.2, 0) is 6.42 Å². The van der Waals surface area contributed by atoms with Crippen LogP contribution >= 0.6 is 12.2 Å². The molecular weight excluding hydrogens is 156 g/mol. The summed E-state index contributed by atoms with van der Waals surface area (Å²) in [4.78, 5) is 0. The van der Waals surface area contributed by atoms with Crippen LogP contribution in [0.1, 0.15) is 32.5 Å². The summed E-state index contributed by atoms with van der Waals surface area (Å²) >= 11 is 5.15. The van der Waals surface area contributed by atoms with Crippen LogP contribution in [0.15, 0.2) is 6.07 Å². The minimum Gasteiger partial charge on any atom is -0.301 e. The molecule has 0 amide bonds. The summed E-state index contributed by atoms with van der Waals surface area (Å²) in [6.45, 7) is 6.35. The first kappa shape index (κ1) is 8.53. The predicted octanol–water partition coefficient (Wildman–Crippen LogP) is 2.69. The SMILES string of the molecule is CCc1cc(=S)n(C(C)C)[nH]1. The van der Waals surface area contributed by atoms with Gasteiger partial charge in [-0.15, -0.1) is 0 Å². The Bertz CT molecular complexity index is 283. The molecule has 0 radical (unpaired) electrons. The van der Waals surface area contributed by atoms with Gasteiger partial charge in [-0.25, -0.2) is 0 Å². The van der Waals surface area contributed by atoms with Gasteiger partial charge >= 0.3 is 0 Å². The molecule has 0 bridgehead atoms. The second-order valence-corrected chi connectivity index (χ2v) is 3.36. The molecule has 11 heavy (non-hydrogen) atoms. The Morgan fingerprint density at radius 2 is 2.27 bits per heavy atom. The van der Waals surface area contributed by atoms with E-state index >= 15 is 0 Å². The lowest BCUT2D eigenvalue weighted by molar-refractivity contribution is 0.521. The van der Waals surface area contributed by atoms with Crippen molar-refractivity contribution in [3.63, 3.8) is 0 Å². The number of rotatable bonds is 2. The van der Waals surface area contributed by atoms with Crippen molar-refractivity contribution >= 4 is 12.2 Å². The standard InChI is InChI=1S/C8H14N2S/c1-4-7-5-8(11)10(9-7)6(2)3/h5-6,9H,4H2,1-3H3. The molecule has 0 aliphatic heterocycles. The Morgan fingerprint density at radius 1 is 1.64 bits per heavy atom.